The number of benzene rings is 1. The second-order valence-electron chi connectivity index (χ2n) is 3.50. The van der Waals surface area contributed by atoms with Crippen LogP contribution in [0.2, 0.25) is 0 Å². The van der Waals surface area contributed by atoms with Crippen molar-refractivity contribution >= 4 is 0 Å². The molecule has 3 heteroatoms. The molecule has 0 saturated carbocycles. The summed E-state index contributed by atoms with van der Waals surface area (Å²) < 4.78 is 5.13. The summed E-state index contributed by atoms with van der Waals surface area (Å²) in [5.41, 5.74) is 1.60. The van der Waals surface area contributed by atoms with Gasteiger partial charge in [-0.3, -0.25) is 0 Å². The van der Waals surface area contributed by atoms with Gasteiger partial charge < -0.3 is 14.9 Å². The average molecular weight is 196 g/mol. The molecule has 0 aromatic heterocycles. The molecule has 14 heavy (non-hydrogen) atoms. The molecule has 0 saturated heterocycles. The number of hydrogen-bond acceptors (Lipinski definition) is 3. The number of aryl methyl sites for hydroxylation is 1. The van der Waals surface area contributed by atoms with E-state index in [1.165, 1.54) is 0 Å². The molecular formula is C11H16O3. The fourth-order valence-electron chi connectivity index (χ4n) is 1.42. The molecule has 1 atom stereocenters. The molecule has 2 N–H and O–H groups in total. The van der Waals surface area contributed by atoms with Gasteiger partial charge in [0.15, 0.2) is 0 Å². The largest absolute Gasteiger partial charge is 0.508 e. The van der Waals surface area contributed by atoms with Crippen LogP contribution in [0, 0.1) is 6.92 Å². The third-order valence-electron chi connectivity index (χ3n) is 2.11. The van der Waals surface area contributed by atoms with E-state index in [0.29, 0.717) is 12.0 Å². The molecule has 0 spiro atoms. The van der Waals surface area contributed by atoms with E-state index in [2.05, 4.69) is 0 Å². The number of aliphatic hydroxyl groups is 1. The molecule has 0 amide bonds. The minimum atomic E-state index is -0.465. The Bertz CT molecular complexity index is 319. The summed E-state index contributed by atoms with van der Waals surface area (Å²) in [7, 11) is 1.59. The summed E-state index contributed by atoms with van der Waals surface area (Å²) in [6.45, 7) is 3.55. The Hall–Kier alpha value is -1.22. The number of phenolic OH excluding ortho intramolecular Hbond substituents is 1. The quantitative estimate of drug-likeness (QED) is 0.772. The van der Waals surface area contributed by atoms with Gasteiger partial charge in [0.25, 0.3) is 0 Å². The molecule has 1 rings (SSSR count). The second kappa shape index (κ2) is 4.33. The van der Waals surface area contributed by atoms with Gasteiger partial charge >= 0.3 is 0 Å². The lowest BCUT2D eigenvalue weighted by molar-refractivity contribution is 0.194. The van der Waals surface area contributed by atoms with Gasteiger partial charge in [-0.05, 0) is 31.5 Å². The van der Waals surface area contributed by atoms with E-state index in [4.69, 9.17) is 4.74 Å². The van der Waals surface area contributed by atoms with Crippen LogP contribution in [0.25, 0.3) is 0 Å². The highest BCUT2D eigenvalue weighted by atomic mass is 16.5. The zero-order chi connectivity index (χ0) is 10.7. The predicted octanol–water partition coefficient (Wildman–Crippen LogP) is 1.63. The van der Waals surface area contributed by atoms with E-state index in [0.717, 1.165) is 11.3 Å². The SMILES string of the molecule is COc1cc(CC(C)O)c(O)cc1C. The lowest BCUT2D eigenvalue weighted by atomic mass is 10.0. The van der Waals surface area contributed by atoms with Crippen LogP contribution in [0.4, 0.5) is 0 Å². The van der Waals surface area contributed by atoms with Gasteiger partial charge in [0.1, 0.15) is 11.5 Å². The van der Waals surface area contributed by atoms with Crippen molar-refractivity contribution < 1.29 is 14.9 Å². The topological polar surface area (TPSA) is 49.7 Å². The van der Waals surface area contributed by atoms with Gasteiger partial charge in [0, 0.05) is 12.0 Å². The number of aliphatic hydroxyl groups excluding tert-OH is 1. The zero-order valence-corrected chi connectivity index (χ0v) is 8.74. The highest BCUT2D eigenvalue weighted by Gasteiger charge is 2.08. The maximum absolute atomic E-state index is 9.59. The van der Waals surface area contributed by atoms with Crippen LogP contribution < -0.4 is 4.74 Å². The van der Waals surface area contributed by atoms with Gasteiger partial charge in [0.2, 0.25) is 0 Å². The zero-order valence-electron chi connectivity index (χ0n) is 8.74. The maximum Gasteiger partial charge on any atom is 0.122 e. The standard InChI is InChI=1S/C11H16O3/c1-7-4-10(13)9(5-8(2)12)6-11(7)14-3/h4,6,8,12-13H,5H2,1-3H3. The first-order valence-corrected chi connectivity index (χ1v) is 4.59. The molecule has 0 fully saturated rings. The Morgan fingerprint density at radius 2 is 2.07 bits per heavy atom. The molecule has 0 aliphatic rings. The fraction of sp³-hybridized carbons (Fsp3) is 0.455. The first kappa shape index (κ1) is 10.9. The molecule has 78 valence electrons. The van der Waals surface area contributed by atoms with Crippen LogP contribution in [0.3, 0.4) is 0 Å². The summed E-state index contributed by atoms with van der Waals surface area (Å²) >= 11 is 0. The number of phenols is 1. The molecule has 1 aromatic carbocycles. The van der Waals surface area contributed by atoms with Crippen LogP contribution in [-0.2, 0) is 6.42 Å². The van der Waals surface area contributed by atoms with Crippen LogP contribution in [0.1, 0.15) is 18.1 Å². The normalized spacial score (nSPS) is 12.6. The van der Waals surface area contributed by atoms with E-state index < -0.39 is 6.10 Å². The Morgan fingerprint density at radius 1 is 1.43 bits per heavy atom. The number of ether oxygens (including phenoxy) is 1. The van der Waals surface area contributed by atoms with E-state index >= 15 is 0 Å². The lowest BCUT2D eigenvalue weighted by Gasteiger charge is -2.11. The van der Waals surface area contributed by atoms with Crippen LogP contribution in [0.5, 0.6) is 11.5 Å². The third-order valence-corrected chi connectivity index (χ3v) is 2.11. The van der Waals surface area contributed by atoms with Gasteiger partial charge in [0.05, 0.1) is 13.2 Å². The summed E-state index contributed by atoms with van der Waals surface area (Å²) in [4.78, 5) is 0. The van der Waals surface area contributed by atoms with Gasteiger partial charge in [-0.25, -0.2) is 0 Å². The van der Waals surface area contributed by atoms with Crippen molar-refractivity contribution in [3.8, 4) is 11.5 Å². The number of hydrogen-bond donors (Lipinski definition) is 2. The van der Waals surface area contributed by atoms with Gasteiger partial charge in [-0.15, -0.1) is 0 Å². The van der Waals surface area contributed by atoms with E-state index in [9.17, 15) is 10.2 Å². The van der Waals surface area contributed by atoms with Crippen molar-refractivity contribution in [1.82, 2.24) is 0 Å². The molecule has 0 aliphatic heterocycles. The smallest absolute Gasteiger partial charge is 0.122 e. The summed E-state index contributed by atoms with van der Waals surface area (Å²) in [5.74, 6) is 0.947. The Labute approximate surface area is 84.0 Å². The first-order chi connectivity index (χ1) is 6.54. The molecule has 3 nitrogen and oxygen atoms in total. The number of rotatable bonds is 3. The summed E-state index contributed by atoms with van der Waals surface area (Å²) in [5, 5.41) is 18.8. The Balaban J connectivity index is 3.04. The van der Waals surface area contributed by atoms with Crippen molar-refractivity contribution in [1.29, 1.82) is 0 Å². The average Bonchev–Trinajstić information content (AvgIpc) is 2.09. The number of methoxy groups -OCH3 is 1. The lowest BCUT2D eigenvalue weighted by Crippen LogP contribution is -2.04. The van der Waals surface area contributed by atoms with Crippen molar-refractivity contribution in [3.63, 3.8) is 0 Å². The van der Waals surface area contributed by atoms with Gasteiger partial charge in [-0.1, -0.05) is 0 Å². The molecule has 1 aromatic rings. The first-order valence-electron chi connectivity index (χ1n) is 4.59. The van der Waals surface area contributed by atoms with Crippen LogP contribution in [-0.4, -0.2) is 23.4 Å². The maximum atomic E-state index is 9.59. The monoisotopic (exact) mass is 196 g/mol. The molecule has 1 unspecified atom stereocenters. The molecular weight excluding hydrogens is 180 g/mol. The predicted molar refractivity (Wildman–Crippen MR) is 54.8 cm³/mol. The fourth-order valence-corrected chi connectivity index (χ4v) is 1.42. The minimum absolute atomic E-state index is 0.212. The molecule has 0 radical (unpaired) electrons. The highest BCUT2D eigenvalue weighted by Crippen LogP contribution is 2.28. The van der Waals surface area contributed by atoms with Gasteiger partial charge in [-0.2, -0.15) is 0 Å². The third kappa shape index (κ3) is 2.39. The van der Waals surface area contributed by atoms with Crippen molar-refractivity contribution in [2.24, 2.45) is 0 Å². The molecule has 0 aliphatic carbocycles. The minimum Gasteiger partial charge on any atom is -0.508 e. The van der Waals surface area contributed by atoms with E-state index in [1.807, 2.05) is 6.92 Å². The molecule has 0 heterocycles. The summed E-state index contributed by atoms with van der Waals surface area (Å²) in [6.07, 6.45) is -0.0315. The van der Waals surface area contributed by atoms with Crippen molar-refractivity contribution in [2.75, 3.05) is 7.11 Å². The second-order valence-corrected chi connectivity index (χ2v) is 3.50. The Morgan fingerprint density at radius 3 is 2.57 bits per heavy atom. The highest BCUT2D eigenvalue weighted by molar-refractivity contribution is 5.45. The molecule has 0 bridgehead atoms. The summed E-state index contributed by atoms with van der Waals surface area (Å²) in [6, 6.07) is 3.41. The van der Waals surface area contributed by atoms with E-state index in [-0.39, 0.29) is 5.75 Å². The van der Waals surface area contributed by atoms with Crippen LogP contribution in [0.15, 0.2) is 12.1 Å². The number of aromatic hydroxyl groups is 1. The van der Waals surface area contributed by atoms with E-state index in [1.54, 1.807) is 26.2 Å². The van der Waals surface area contributed by atoms with Crippen molar-refractivity contribution in [2.45, 2.75) is 26.4 Å². The van der Waals surface area contributed by atoms with Crippen LogP contribution >= 0.6 is 0 Å². The van der Waals surface area contributed by atoms with Crippen molar-refractivity contribution in [3.05, 3.63) is 23.3 Å². The Kier molecular flexibility index (Phi) is 3.36.